The first-order valence-corrected chi connectivity index (χ1v) is 14.1. The molecule has 8 nitrogen and oxygen atoms in total. The lowest BCUT2D eigenvalue weighted by molar-refractivity contribution is -0.194. The van der Waals surface area contributed by atoms with Crippen LogP contribution in [0.2, 0.25) is 5.02 Å². The van der Waals surface area contributed by atoms with Crippen LogP contribution >= 0.6 is 11.6 Å². The second-order valence-corrected chi connectivity index (χ2v) is 11.8. The summed E-state index contributed by atoms with van der Waals surface area (Å²) in [6.07, 6.45) is 1.85. The molecule has 0 radical (unpaired) electrons. The average Bonchev–Trinajstić information content (AvgIpc) is 2.87. The predicted octanol–water partition coefficient (Wildman–Crippen LogP) is 4.11. The number of piperidine rings is 3. The molecular formula is C28H36ClF2N5O3. The lowest BCUT2D eigenvalue weighted by atomic mass is 9.71. The molecule has 0 spiro atoms. The van der Waals surface area contributed by atoms with Gasteiger partial charge in [-0.05, 0) is 62.6 Å². The summed E-state index contributed by atoms with van der Waals surface area (Å²) < 4.78 is 30.3. The first kappa shape index (κ1) is 29.1. The number of nitriles is 1. The molecule has 1 aromatic rings. The zero-order valence-corrected chi connectivity index (χ0v) is 23.0. The molecule has 2 bridgehead atoms. The minimum Gasteiger partial charge on any atom is -0.374 e. The highest BCUT2D eigenvalue weighted by molar-refractivity contribution is 6.30. The van der Waals surface area contributed by atoms with E-state index in [2.05, 4.69) is 16.0 Å². The molecule has 0 unspecified atom stereocenters. The normalized spacial score (nSPS) is 27.3. The quantitative estimate of drug-likeness (QED) is 0.418. The number of rotatable bonds is 9. The molecule has 5 rings (SSSR count). The summed E-state index contributed by atoms with van der Waals surface area (Å²) in [5.41, 5.74) is 0.616. The third-order valence-electron chi connectivity index (χ3n) is 8.02. The minimum absolute atomic E-state index is 0.0888. The third-order valence-corrected chi connectivity index (χ3v) is 8.26. The molecule has 1 aliphatic carbocycles. The van der Waals surface area contributed by atoms with Gasteiger partial charge in [-0.1, -0.05) is 31.5 Å². The largest absolute Gasteiger partial charge is 0.374 e. The topological polar surface area (TPSA) is 114 Å². The Bertz CT molecular complexity index is 1130. The maximum absolute atomic E-state index is 15.1. The van der Waals surface area contributed by atoms with Crippen molar-refractivity contribution in [3.05, 3.63) is 29.3 Å². The van der Waals surface area contributed by atoms with Crippen LogP contribution < -0.4 is 16.0 Å². The zero-order chi connectivity index (χ0) is 28.3. The van der Waals surface area contributed by atoms with Crippen LogP contribution in [-0.2, 0) is 14.4 Å². The van der Waals surface area contributed by atoms with Crippen LogP contribution in [0.4, 0.5) is 14.5 Å². The SMILES string of the molecule is CC(C)C[C@H](Nc1cccc(Cl)c1)C(=O)N1[C@H]2CC[C@@H]([C@@H]1C(=O)N[C@H](C#N)C[C@@H]1CCCNC1=O)C(F)(F)C2. The van der Waals surface area contributed by atoms with E-state index in [1.807, 2.05) is 19.9 Å². The van der Waals surface area contributed by atoms with Gasteiger partial charge in [0.25, 0.3) is 5.92 Å². The number of benzene rings is 1. The van der Waals surface area contributed by atoms with Gasteiger partial charge < -0.3 is 20.9 Å². The molecule has 39 heavy (non-hydrogen) atoms. The van der Waals surface area contributed by atoms with Gasteiger partial charge in [0.2, 0.25) is 17.7 Å². The van der Waals surface area contributed by atoms with E-state index in [0.717, 1.165) is 6.42 Å². The van der Waals surface area contributed by atoms with Crippen molar-refractivity contribution < 1.29 is 23.2 Å². The molecule has 3 heterocycles. The summed E-state index contributed by atoms with van der Waals surface area (Å²) in [7, 11) is 0. The summed E-state index contributed by atoms with van der Waals surface area (Å²) in [6, 6.07) is 4.91. The molecule has 6 atom stereocenters. The second-order valence-electron chi connectivity index (χ2n) is 11.4. The number of carbonyl (C=O) groups is 3. The first-order valence-electron chi connectivity index (χ1n) is 13.7. The van der Waals surface area contributed by atoms with Gasteiger partial charge in [-0.15, -0.1) is 0 Å². The van der Waals surface area contributed by atoms with Gasteiger partial charge in [0, 0.05) is 35.6 Å². The minimum atomic E-state index is -3.11. The van der Waals surface area contributed by atoms with Crippen LogP contribution in [0.15, 0.2) is 24.3 Å². The lowest BCUT2D eigenvalue weighted by Gasteiger charge is -2.54. The van der Waals surface area contributed by atoms with Crippen LogP contribution in [0, 0.1) is 29.1 Å². The number of carbonyl (C=O) groups excluding carboxylic acids is 3. The lowest BCUT2D eigenvalue weighted by Crippen LogP contribution is -2.70. The molecule has 3 aliphatic heterocycles. The number of nitrogens with one attached hydrogen (secondary N) is 3. The summed E-state index contributed by atoms with van der Waals surface area (Å²) in [4.78, 5) is 41.2. The highest BCUT2D eigenvalue weighted by atomic mass is 35.5. The molecule has 3 amide bonds. The van der Waals surface area contributed by atoms with E-state index in [-0.39, 0.29) is 24.7 Å². The van der Waals surface area contributed by atoms with Crippen molar-refractivity contribution in [1.29, 1.82) is 5.26 Å². The van der Waals surface area contributed by atoms with Crippen molar-refractivity contribution in [2.75, 3.05) is 11.9 Å². The first-order chi connectivity index (χ1) is 18.5. The van der Waals surface area contributed by atoms with E-state index in [4.69, 9.17) is 11.6 Å². The van der Waals surface area contributed by atoms with Crippen molar-refractivity contribution in [1.82, 2.24) is 15.5 Å². The highest BCUT2D eigenvalue weighted by Crippen LogP contribution is 2.49. The molecule has 3 saturated heterocycles. The Morgan fingerprint density at radius 1 is 1.28 bits per heavy atom. The summed E-state index contributed by atoms with van der Waals surface area (Å²) >= 11 is 6.13. The van der Waals surface area contributed by atoms with Crippen molar-refractivity contribution in [2.24, 2.45) is 17.8 Å². The van der Waals surface area contributed by atoms with Gasteiger partial charge in [-0.2, -0.15) is 5.26 Å². The van der Waals surface area contributed by atoms with Crippen molar-refractivity contribution in [3.8, 4) is 6.07 Å². The van der Waals surface area contributed by atoms with E-state index in [9.17, 15) is 19.6 Å². The van der Waals surface area contributed by atoms with Gasteiger partial charge in [0.1, 0.15) is 18.1 Å². The number of alkyl halides is 2. The number of nitrogens with zero attached hydrogens (tertiary/aromatic N) is 2. The summed E-state index contributed by atoms with van der Waals surface area (Å²) in [5, 5.41) is 18.8. The Labute approximate surface area is 232 Å². The van der Waals surface area contributed by atoms with Crippen LogP contribution in [0.3, 0.4) is 0 Å². The molecule has 4 fully saturated rings. The molecule has 4 aliphatic rings. The maximum atomic E-state index is 15.1. The van der Waals surface area contributed by atoms with Gasteiger partial charge in [-0.3, -0.25) is 14.4 Å². The number of halogens is 3. The Hall–Kier alpha value is -2.93. The third kappa shape index (κ3) is 6.63. The van der Waals surface area contributed by atoms with E-state index in [0.29, 0.717) is 36.5 Å². The molecule has 1 aromatic carbocycles. The van der Waals surface area contributed by atoms with Crippen LogP contribution in [0.1, 0.15) is 58.8 Å². The Morgan fingerprint density at radius 2 is 2.05 bits per heavy atom. The van der Waals surface area contributed by atoms with Crippen molar-refractivity contribution in [3.63, 3.8) is 0 Å². The van der Waals surface area contributed by atoms with E-state index >= 15 is 8.78 Å². The molecule has 11 heteroatoms. The number of fused-ring (bicyclic) bond motifs is 3. The van der Waals surface area contributed by atoms with Crippen LogP contribution in [0.5, 0.6) is 0 Å². The number of hydrogen-bond donors (Lipinski definition) is 3. The highest BCUT2D eigenvalue weighted by Gasteiger charge is 2.61. The number of amides is 3. The Morgan fingerprint density at radius 3 is 2.69 bits per heavy atom. The van der Waals surface area contributed by atoms with Crippen molar-refractivity contribution >= 4 is 35.0 Å². The fourth-order valence-corrected chi connectivity index (χ4v) is 6.41. The van der Waals surface area contributed by atoms with Gasteiger partial charge in [-0.25, -0.2) is 8.78 Å². The zero-order valence-electron chi connectivity index (χ0n) is 22.3. The summed E-state index contributed by atoms with van der Waals surface area (Å²) in [5.74, 6) is -6.18. The standard InChI is InChI=1S/C28H36ClF2N5O3/c1-16(2)11-23(34-19-7-3-6-18(29)13-19)27(39)36-21-8-9-22(28(30,31)14-21)24(36)26(38)35-20(15-32)12-17-5-4-10-33-25(17)37/h3,6-7,13,16-17,20-24,34H,4-5,8-12,14H2,1-2H3,(H,33,37)(H,35,38)/t17-,20-,21-,22-,23-,24+/m0/s1. The molecular weight excluding hydrogens is 528 g/mol. The van der Waals surface area contributed by atoms with E-state index in [1.165, 1.54) is 4.90 Å². The predicted molar refractivity (Wildman–Crippen MR) is 143 cm³/mol. The van der Waals surface area contributed by atoms with Gasteiger partial charge in [0.05, 0.1) is 12.0 Å². The molecule has 1 saturated carbocycles. The Balaban J connectivity index is 1.58. The van der Waals surface area contributed by atoms with E-state index in [1.54, 1.807) is 24.3 Å². The monoisotopic (exact) mass is 563 g/mol. The smallest absolute Gasteiger partial charge is 0.255 e. The fraction of sp³-hybridized carbons (Fsp3) is 0.643. The molecule has 0 aromatic heterocycles. The van der Waals surface area contributed by atoms with Crippen LogP contribution in [0.25, 0.3) is 0 Å². The fourth-order valence-electron chi connectivity index (χ4n) is 6.22. The maximum Gasteiger partial charge on any atom is 0.255 e. The molecule has 212 valence electrons. The van der Waals surface area contributed by atoms with Gasteiger partial charge >= 0.3 is 0 Å². The average molecular weight is 564 g/mol. The Kier molecular flexibility index (Phi) is 9.00. The van der Waals surface area contributed by atoms with Crippen molar-refractivity contribution in [2.45, 2.75) is 88.9 Å². The number of hydrogen-bond acceptors (Lipinski definition) is 5. The van der Waals surface area contributed by atoms with Gasteiger partial charge in [0.15, 0.2) is 0 Å². The number of anilines is 1. The van der Waals surface area contributed by atoms with Crippen LogP contribution in [-0.4, -0.2) is 59.3 Å². The molecule has 3 N–H and O–H groups in total. The summed E-state index contributed by atoms with van der Waals surface area (Å²) in [6.45, 7) is 4.48. The van der Waals surface area contributed by atoms with E-state index < -0.39 is 60.2 Å². The second kappa shape index (κ2) is 12.1.